The first kappa shape index (κ1) is 15.5. The Balaban J connectivity index is 2.49. The van der Waals surface area contributed by atoms with Crippen molar-refractivity contribution in [2.75, 3.05) is 14.2 Å². The molecule has 0 fully saturated rings. The van der Waals surface area contributed by atoms with Gasteiger partial charge in [-0.1, -0.05) is 0 Å². The van der Waals surface area contributed by atoms with Crippen LogP contribution in [0, 0.1) is 10.1 Å². The quantitative estimate of drug-likeness (QED) is 0.520. The van der Waals surface area contributed by atoms with Crippen LogP contribution in [0.2, 0.25) is 0 Å². The number of esters is 1. The van der Waals surface area contributed by atoms with Crippen LogP contribution in [0.1, 0.15) is 18.5 Å². The maximum atomic E-state index is 12.0. The number of nitrogens with one attached hydrogen (secondary N) is 1. The van der Waals surface area contributed by atoms with Crippen LogP contribution >= 0.6 is 0 Å². The van der Waals surface area contributed by atoms with Crippen molar-refractivity contribution in [2.24, 2.45) is 0 Å². The summed E-state index contributed by atoms with van der Waals surface area (Å²) in [4.78, 5) is 35.5. The number of hydrogen-bond donors (Lipinski definition) is 1. The Morgan fingerprint density at radius 1 is 1.36 bits per heavy atom. The number of methoxy groups -OCH3 is 1. The molecule has 0 saturated heterocycles. The lowest BCUT2D eigenvalue weighted by Crippen LogP contribution is -2.46. The van der Waals surface area contributed by atoms with Gasteiger partial charge in [-0.05, 0) is 24.6 Å². The lowest BCUT2D eigenvalue weighted by molar-refractivity contribution is -0.384. The molecular formula is C14H15N3O5. The second-order valence-corrected chi connectivity index (χ2v) is 4.78. The van der Waals surface area contributed by atoms with Crippen molar-refractivity contribution in [3.05, 3.63) is 51.2 Å². The number of allylic oxidation sites excluding steroid dienone is 1. The topological polar surface area (TPSA) is 102 Å². The highest BCUT2D eigenvalue weighted by Crippen LogP contribution is 2.31. The van der Waals surface area contributed by atoms with Crippen LogP contribution in [-0.4, -0.2) is 36.0 Å². The molecule has 2 rings (SSSR count). The van der Waals surface area contributed by atoms with Gasteiger partial charge in [0.25, 0.3) is 5.69 Å². The highest BCUT2D eigenvalue weighted by Gasteiger charge is 2.34. The molecular weight excluding hydrogens is 290 g/mol. The Labute approximate surface area is 126 Å². The summed E-state index contributed by atoms with van der Waals surface area (Å²) in [6, 6.07) is 4.58. The zero-order chi connectivity index (χ0) is 16.4. The van der Waals surface area contributed by atoms with Crippen molar-refractivity contribution >= 4 is 17.7 Å². The van der Waals surface area contributed by atoms with E-state index < -0.39 is 16.9 Å². The highest BCUT2D eigenvalue weighted by atomic mass is 16.6. The van der Waals surface area contributed by atoms with E-state index in [2.05, 4.69) is 5.32 Å². The zero-order valence-corrected chi connectivity index (χ0v) is 12.3. The molecule has 0 aromatic heterocycles. The first-order valence-electron chi connectivity index (χ1n) is 6.44. The maximum absolute atomic E-state index is 12.0. The molecule has 1 atom stereocenters. The summed E-state index contributed by atoms with van der Waals surface area (Å²) >= 11 is 0. The third-order valence-corrected chi connectivity index (χ3v) is 3.60. The summed E-state index contributed by atoms with van der Waals surface area (Å²) < 4.78 is 4.77. The number of benzene rings is 1. The van der Waals surface area contributed by atoms with Gasteiger partial charge in [0, 0.05) is 24.9 Å². The minimum absolute atomic E-state index is 0.0664. The van der Waals surface area contributed by atoms with Crippen molar-refractivity contribution < 1.29 is 19.2 Å². The molecule has 1 aromatic carbocycles. The fraction of sp³-hybridized carbons (Fsp3) is 0.286. The fourth-order valence-electron chi connectivity index (χ4n) is 2.25. The van der Waals surface area contributed by atoms with Gasteiger partial charge in [0.05, 0.1) is 23.6 Å². The average Bonchev–Trinajstić information content (AvgIpc) is 2.51. The van der Waals surface area contributed by atoms with E-state index in [-0.39, 0.29) is 11.7 Å². The van der Waals surface area contributed by atoms with Gasteiger partial charge in [-0.3, -0.25) is 10.1 Å². The number of nitrogens with zero attached hydrogens (tertiary/aromatic N) is 2. The van der Waals surface area contributed by atoms with Crippen LogP contribution in [0.25, 0.3) is 0 Å². The number of rotatable bonds is 3. The number of amides is 2. The van der Waals surface area contributed by atoms with Gasteiger partial charge in [0.1, 0.15) is 0 Å². The van der Waals surface area contributed by atoms with E-state index in [4.69, 9.17) is 4.74 Å². The monoisotopic (exact) mass is 305 g/mol. The maximum Gasteiger partial charge on any atom is 0.337 e. The lowest BCUT2D eigenvalue weighted by atomic mass is 9.95. The summed E-state index contributed by atoms with van der Waals surface area (Å²) in [6.45, 7) is 1.64. The number of nitro groups is 1. The van der Waals surface area contributed by atoms with E-state index in [9.17, 15) is 19.7 Å². The average molecular weight is 305 g/mol. The predicted octanol–water partition coefficient (Wildman–Crippen LogP) is 1.74. The van der Waals surface area contributed by atoms with Crippen molar-refractivity contribution in [1.29, 1.82) is 0 Å². The van der Waals surface area contributed by atoms with Crippen molar-refractivity contribution in [2.45, 2.75) is 13.0 Å². The number of urea groups is 1. The van der Waals surface area contributed by atoms with E-state index >= 15 is 0 Å². The number of non-ortho nitro benzene ring substituents is 1. The zero-order valence-electron chi connectivity index (χ0n) is 12.3. The molecule has 1 N–H and O–H groups in total. The van der Waals surface area contributed by atoms with E-state index in [1.165, 1.54) is 36.3 Å². The lowest BCUT2D eigenvalue weighted by Gasteiger charge is -2.33. The van der Waals surface area contributed by atoms with E-state index in [1.807, 2.05) is 0 Å². The van der Waals surface area contributed by atoms with Gasteiger partial charge >= 0.3 is 12.0 Å². The predicted molar refractivity (Wildman–Crippen MR) is 76.8 cm³/mol. The second-order valence-electron chi connectivity index (χ2n) is 4.78. The van der Waals surface area contributed by atoms with Crippen molar-refractivity contribution in [3.8, 4) is 0 Å². The number of carbonyl (C=O) groups is 2. The fourth-order valence-corrected chi connectivity index (χ4v) is 2.25. The molecule has 0 aliphatic carbocycles. The molecule has 1 aliphatic rings. The molecule has 0 unspecified atom stereocenters. The van der Waals surface area contributed by atoms with Gasteiger partial charge in [0.15, 0.2) is 0 Å². The Morgan fingerprint density at radius 2 is 1.95 bits per heavy atom. The molecule has 116 valence electrons. The summed E-state index contributed by atoms with van der Waals surface area (Å²) in [5.41, 5.74) is 1.26. The minimum Gasteiger partial charge on any atom is -0.466 e. The molecule has 8 heteroatoms. The second kappa shape index (κ2) is 5.84. The van der Waals surface area contributed by atoms with Crippen LogP contribution in [-0.2, 0) is 9.53 Å². The number of ether oxygens (including phenoxy) is 1. The van der Waals surface area contributed by atoms with Gasteiger partial charge < -0.3 is 15.0 Å². The smallest absolute Gasteiger partial charge is 0.337 e. The summed E-state index contributed by atoms with van der Waals surface area (Å²) in [5, 5.41) is 13.4. The molecule has 0 bridgehead atoms. The molecule has 0 radical (unpaired) electrons. The SMILES string of the molecule is COC(=O)C1=C(C)N(C)C(=O)N[C@@H]1c1ccc([N+](=O)[O-])cc1. The van der Waals surface area contributed by atoms with Crippen molar-refractivity contribution in [3.63, 3.8) is 0 Å². The third-order valence-electron chi connectivity index (χ3n) is 3.60. The Hall–Kier alpha value is -2.90. The molecule has 8 nitrogen and oxygen atoms in total. The van der Waals surface area contributed by atoms with Crippen LogP contribution in [0.4, 0.5) is 10.5 Å². The first-order valence-corrected chi connectivity index (χ1v) is 6.44. The third kappa shape index (κ3) is 2.62. The van der Waals surface area contributed by atoms with E-state index in [0.717, 1.165) is 0 Å². The first-order chi connectivity index (χ1) is 10.4. The van der Waals surface area contributed by atoms with Gasteiger partial charge in [0.2, 0.25) is 0 Å². The van der Waals surface area contributed by atoms with Gasteiger partial charge in [-0.25, -0.2) is 9.59 Å². The van der Waals surface area contributed by atoms with Gasteiger partial charge in [-0.2, -0.15) is 0 Å². The molecule has 2 amide bonds. The largest absolute Gasteiger partial charge is 0.466 e. The van der Waals surface area contributed by atoms with Crippen LogP contribution in [0.5, 0.6) is 0 Å². The number of nitro benzene ring substituents is 1. The minimum atomic E-state index is -0.711. The Bertz CT molecular complexity index is 666. The summed E-state index contributed by atoms with van der Waals surface area (Å²) in [5.74, 6) is -0.562. The molecule has 22 heavy (non-hydrogen) atoms. The molecule has 1 heterocycles. The summed E-state index contributed by atoms with van der Waals surface area (Å²) in [7, 11) is 2.80. The molecule has 1 aromatic rings. The van der Waals surface area contributed by atoms with E-state index in [1.54, 1.807) is 14.0 Å². The highest BCUT2D eigenvalue weighted by molar-refractivity contribution is 5.94. The van der Waals surface area contributed by atoms with Crippen LogP contribution < -0.4 is 5.32 Å². The normalized spacial score (nSPS) is 18.0. The van der Waals surface area contributed by atoms with Crippen LogP contribution in [0.3, 0.4) is 0 Å². The van der Waals surface area contributed by atoms with Crippen LogP contribution in [0.15, 0.2) is 35.5 Å². The van der Waals surface area contributed by atoms with E-state index in [0.29, 0.717) is 16.8 Å². The number of hydrogen-bond acceptors (Lipinski definition) is 5. The Kier molecular flexibility index (Phi) is 4.11. The number of carbonyl (C=O) groups excluding carboxylic acids is 2. The summed E-state index contributed by atoms with van der Waals surface area (Å²) in [6.07, 6.45) is 0. The van der Waals surface area contributed by atoms with Gasteiger partial charge in [-0.15, -0.1) is 0 Å². The molecule has 0 saturated carbocycles. The Morgan fingerprint density at radius 3 is 2.45 bits per heavy atom. The molecule has 0 spiro atoms. The standard InChI is InChI=1S/C14H15N3O5/c1-8-11(13(18)22-3)12(15-14(19)16(8)2)9-4-6-10(7-5-9)17(20)21/h4-7,12H,1-3H3,(H,15,19)/t12-/m1/s1. The molecule has 1 aliphatic heterocycles. The van der Waals surface area contributed by atoms with Crippen molar-refractivity contribution in [1.82, 2.24) is 10.2 Å².